The van der Waals surface area contributed by atoms with Gasteiger partial charge in [0.15, 0.2) is 11.9 Å². The second kappa shape index (κ2) is 7.89. The van der Waals surface area contributed by atoms with E-state index in [-0.39, 0.29) is 11.9 Å². The third kappa shape index (κ3) is 4.06. The molecule has 1 aromatic heterocycles. The number of fused-ring (bicyclic) bond motifs is 1. The number of aromatic nitrogens is 3. The molecule has 2 aromatic rings. The van der Waals surface area contributed by atoms with E-state index in [1.165, 1.54) is 5.56 Å². The van der Waals surface area contributed by atoms with Crippen molar-refractivity contribution in [3.63, 3.8) is 0 Å². The van der Waals surface area contributed by atoms with E-state index in [1.807, 2.05) is 29.8 Å². The number of rotatable bonds is 6. The van der Waals surface area contributed by atoms with Gasteiger partial charge >= 0.3 is 0 Å². The van der Waals surface area contributed by atoms with Crippen LogP contribution in [0.25, 0.3) is 0 Å². The normalized spacial score (nSPS) is 17.7. The standard InChI is InChI=1S/C20H28N4O2/c1-5-18-22-19-17(10-7-11-24(19)23-18)21-20(25)14(4)26-16-9-6-8-15(12-16)13(2)3/h6,8-9,12-14,17H,5,7,10-11H2,1-4H3,(H,21,25)/t14-,17-/m1/s1. The Kier molecular flexibility index (Phi) is 5.59. The Morgan fingerprint density at radius 1 is 1.38 bits per heavy atom. The summed E-state index contributed by atoms with van der Waals surface area (Å²) in [5, 5.41) is 7.57. The summed E-state index contributed by atoms with van der Waals surface area (Å²) >= 11 is 0. The third-order valence-electron chi connectivity index (χ3n) is 4.76. The van der Waals surface area contributed by atoms with Crippen LogP contribution in [-0.2, 0) is 17.8 Å². The van der Waals surface area contributed by atoms with Crippen molar-refractivity contribution in [1.29, 1.82) is 0 Å². The van der Waals surface area contributed by atoms with E-state index in [2.05, 4.69) is 35.3 Å². The molecular weight excluding hydrogens is 328 g/mol. The Balaban J connectivity index is 1.65. The fourth-order valence-electron chi connectivity index (χ4n) is 3.18. The molecule has 0 radical (unpaired) electrons. The quantitative estimate of drug-likeness (QED) is 0.861. The fraction of sp³-hybridized carbons (Fsp3) is 0.550. The van der Waals surface area contributed by atoms with E-state index < -0.39 is 6.10 Å². The van der Waals surface area contributed by atoms with Crippen LogP contribution in [0.1, 0.15) is 69.7 Å². The van der Waals surface area contributed by atoms with E-state index >= 15 is 0 Å². The Labute approximate surface area is 155 Å². The molecule has 2 atom stereocenters. The van der Waals surface area contributed by atoms with E-state index in [0.717, 1.165) is 43.2 Å². The summed E-state index contributed by atoms with van der Waals surface area (Å²) in [7, 11) is 0. The first-order valence-electron chi connectivity index (χ1n) is 9.48. The molecule has 0 aliphatic carbocycles. The number of nitrogens with zero attached hydrogens (tertiary/aromatic N) is 3. The van der Waals surface area contributed by atoms with Gasteiger partial charge < -0.3 is 10.1 Å². The van der Waals surface area contributed by atoms with E-state index in [9.17, 15) is 4.79 Å². The summed E-state index contributed by atoms with van der Waals surface area (Å²) in [4.78, 5) is 17.2. The van der Waals surface area contributed by atoms with Crippen LogP contribution in [0.2, 0.25) is 0 Å². The SMILES string of the molecule is CCc1nc2n(n1)CCC[C@H]2NC(=O)[C@@H](C)Oc1cccc(C(C)C)c1. The largest absolute Gasteiger partial charge is 0.481 e. The highest BCUT2D eigenvalue weighted by Crippen LogP contribution is 2.24. The van der Waals surface area contributed by atoms with Crippen molar-refractivity contribution in [1.82, 2.24) is 20.1 Å². The summed E-state index contributed by atoms with van der Waals surface area (Å²) in [5.74, 6) is 2.70. The van der Waals surface area contributed by atoms with Gasteiger partial charge in [-0.1, -0.05) is 32.9 Å². The maximum Gasteiger partial charge on any atom is 0.261 e. The molecule has 2 heterocycles. The Morgan fingerprint density at radius 3 is 2.92 bits per heavy atom. The van der Waals surface area contributed by atoms with Gasteiger partial charge in [-0.3, -0.25) is 4.79 Å². The third-order valence-corrected chi connectivity index (χ3v) is 4.76. The Hall–Kier alpha value is -2.37. The molecule has 6 nitrogen and oxygen atoms in total. The van der Waals surface area contributed by atoms with Crippen molar-refractivity contribution in [2.75, 3.05) is 0 Å². The zero-order valence-corrected chi connectivity index (χ0v) is 16.0. The van der Waals surface area contributed by atoms with Crippen molar-refractivity contribution in [3.8, 4) is 5.75 Å². The molecule has 1 aliphatic rings. The van der Waals surface area contributed by atoms with Crippen LogP contribution in [0.3, 0.4) is 0 Å². The molecule has 0 bridgehead atoms. The minimum absolute atomic E-state index is 0.0999. The lowest BCUT2D eigenvalue weighted by molar-refractivity contribution is -0.128. The lowest BCUT2D eigenvalue weighted by atomic mass is 10.0. The predicted molar refractivity (Wildman–Crippen MR) is 100 cm³/mol. The molecule has 1 N–H and O–H groups in total. The number of hydrogen-bond donors (Lipinski definition) is 1. The minimum Gasteiger partial charge on any atom is -0.481 e. The van der Waals surface area contributed by atoms with Gasteiger partial charge in [0.05, 0.1) is 6.04 Å². The second-order valence-corrected chi connectivity index (χ2v) is 7.15. The maximum absolute atomic E-state index is 12.6. The number of hydrogen-bond acceptors (Lipinski definition) is 4. The highest BCUT2D eigenvalue weighted by molar-refractivity contribution is 5.81. The summed E-state index contributed by atoms with van der Waals surface area (Å²) in [6.45, 7) is 8.96. The van der Waals surface area contributed by atoms with Crippen LogP contribution in [0.4, 0.5) is 0 Å². The van der Waals surface area contributed by atoms with E-state index in [4.69, 9.17) is 4.74 Å². The summed E-state index contributed by atoms with van der Waals surface area (Å²) in [6.07, 6.45) is 2.09. The smallest absolute Gasteiger partial charge is 0.261 e. The van der Waals surface area contributed by atoms with E-state index in [0.29, 0.717) is 5.92 Å². The Morgan fingerprint density at radius 2 is 2.19 bits per heavy atom. The van der Waals surface area contributed by atoms with Gasteiger partial charge in [-0.25, -0.2) is 9.67 Å². The molecule has 26 heavy (non-hydrogen) atoms. The molecule has 1 amide bonds. The first kappa shape index (κ1) is 18.4. The molecule has 0 unspecified atom stereocenters. The van der Waals surface area contributed by atoms with E-state index in [1.54, 1.807) is 6.92 Å². The molecule has 0 saturated carbocycles. The zero-order valence-electron chi connectivity index (χ0n) is 16.0. The van der Waals surface area contributed by atoms with Gasteiger partial charge in [0.2, 0.25) is 0 Å². The first-order chi connectivity index (χ1) is 12.5. The molecule has 0 saturated heterocycles. The van der Waals surface area contributed by atoms with Crippen molar-refractivity contribution in [2.45, 2.75) is 71.6 Å². The van der Waals surface area contributed by atoms with Crippen molar-refractivity contribution >= 4 is 5.91 Å². The number of amides is 1. The predicted octanol–water partition coefficient (Wildman–Crippen LogP) is 3.38. The van der Waals surface area contributed by atoms with Crippen molar-refractivity contribution in [2.24, 2.45) is 0 Å². The van der Waals surface area contributed by atoms with Crippen LogP contribution < -0.4 is 10.1 Å². The van der Waals surface area contributed by atoms with Gasteiger partial charge in [-0.2, -0.15) is 5.10 Å². The summed E-state index contributed by atoms with van der Waals surface area (Å²) < 4.78 is 7.79. The summed E-state index contributed by atoms with van der Waals surface area (Å²) in [5.41, 5.74) is 1.20. The zero-order chi connectivity index (χ0) is 18.7. The summed E-state index contributed by atoms with van der Waals surface area (Å²) in [6, 6.07) is 7.82. The highest BCUT2D eigenvalue weighted by Gasteiger charge is 2.27. The van der Waals surface area contributed by atoms with Crippen molar-refractivity contribution in [3.05, 3.63) is 41.5 Å². The number of benzene rings is 1. The van der Waals surface area contributed by atoms with Gasteiger partial charge in [0.1, 0.15) is 11.6 Å². The molecule has 6 heteroatoms. The van der Waals surface area contributed by atoms with Crippen LogP contribution >= 0.6 is 0 Å². The van der Waals surface area contributed by atoms with Crippen LogP contribution in [0.5, 0.6) is 5.75 Å². The van der Waals surface area contributed by atoms with Crippen molar-refractivity contribution < 1.29 is 9.53 Å². The van der Waals surface area contributed by atoms with Gasteiger partial charge in [0, 0.05) is 13.0 Å². The van der Waals surface area contributed by atoms with Gasteiger partial charge in [-0.05, 0) is 43.4 Å². The van der Waals surface area contributed by atoms with Crippen LogP contribution in [0, 0.1) is 0 Å². The Bertz CT molecular complexity index is 769. The average Bonchev–Trinajstić information content (AvgIpc) is 3.06. The molecule has 1 aliphatic heterocycles. The number of carbonyl (C=O) groups excluding carboxylic acids is 1. The number of aryl methyl sites for hydroxylation is 2. The number of carbonyl (C=O) groups is 1. The van der Waals surface area contributed by atoms with Crippen LogP contribution in [0.15, 0.2) is 24.3 Å². The minimum atomic E-state index is -0.568. The molecule has 3 rings (SSSR count). The van der Waals surface area contributed by atoms with Crippen LogP contribution in [-0.4, -0.2) is 26.8 Å². The average molecular weight is 356 g/mol. The lowest BCUT2D eigenvalue weighted by Gasteiger charge is -2.25. The fourth-order valence-corrected chi connectivity index (χ4v) is 3.18. The monoisotopic (exact) mass is 356 g/mol. The van der Waals surface area contributed by atoms with Gasteiger partial charge in [0.25, 0.3) is 5.91 Å². The number of nitrogens with one attached hydrogen (secondary N) is 1. The molecular formula is C20H28N4O2. The van der Waals surface area contributed by atoms with Gasteiger partial charge in [-0.15, -0.1) is 0 Å². The first-order valence-corrected chi connectivity index (χ1v) is 9.48. The number of ether oxygens (including phenoxy) is 1. The molecule has 140 valence electrons. The molecule has 1 aromatic carbocycles. The highest BCUT2D eigenvalue weighted by atomic mass is 16.5. The maximum atomic E-state index is 12.6. The molecule has 0 fully saturated rings. The lowest BCUT2D eigenvalue weighted by Crippen LogP contribution is -2.40. The second-order valence-electron chi connectivity index (χ2n) is 7.15. The topological polar surface area (TPSA) is 69.0 Å². The molecule has 0 spiro atoms.